The van der Waals surface area contributed by atoms with E-state index >= 15 is 0 Å². The van der Waals surface area contributed by atoms with E-state index in [-0.39, 0.29) is 11.5 Å². The molecule has 2 aromatic heterocycles. The van der Waals surface area contributed by atoms with Gasteiger partial charge < -0.3 is 20.1 Å². The number of carbonyl (C=O) groups is 1. The first-order valence-electron chi connectivity index (χ1n) is 10.3. The minimum Gasteiger partial charge on any atom is -0.374 e. The smallest absolute Gasteiger partial charge is 0.374 e. The summed E-state index contributed by atoms with van der Waals surface area (Å²) < 4.78 is 49.5. The molecule has 2 atom stereocenters. The molecule has 2 saturated heterocycles. The summed E-state index contributed by atoms with van der Waals surface area (Å²) in [6.07, 6.45) is -1.04. The fourth-order valence-corrected chi connectivity index (χ4v) is 5.18. The number of aromatic nitrogens is 4. The number of amides is 1. The quantitative estimate of drug-likeness (QED) is 0.762. The van der Waals surface area contributed by atoms with E-state index in [2.05, 4.69) is 4.98 Å². The van der Waals surface area contributed by atoms with Gasteiger partial charge in [-0.05, 0) is 45.6 Å². The summed E-state index contributed by atoms with van der Waals surface area (Å²) in [5, 5.41) is 15.0. The lowest BCUT2D eigenvalue weighted by molar-refractivity contribution is -0.262. The van der Waals surface area contributed by atoms with Crippen LogP contribution in [0.1, 0.15) is 57.1 Å². The van der Waals surface area contributed by atoms with Crippen LogP contribution in [-0.2, 0) is 27.1 Å². The van der Waals surface area contributed by atoms with Crippen LogP contribution < -0.4 is 5.73 Å². The summed E-state index contributed by atoms with van der Waals surface area (Å²) in [4.78, 5) is 15.8. The number of hydrogen-bond acceptors (Lipinski definition) is 5. The first kappa shape index (κ1) is 20.5. The molecule has 1 aliphatic carbocycles. The van der Waals surface area contributed by atoms with Crippen LogP contribution >= 0.6 is 0 Å². The summed E-state index contributed by atoms with van der Waals surface area (Å²) in [5.41, 5.74) is 3.15. The molecule has 3 fully saturated rings. The maximum absolute atomic E-state index is 13.5. The van der Waals surface area contributed by atoms with Crippen LogP contribution in [0.3, 0.4) is 0 Å². The number of alkyl halides is 3. The second-order valence-electron chi connectivity index (χ2n) is 9.28. The minimum atomic E-state index is -4.86. The number of nitrogens with zero attached hydrogens (tertiary/aromatic N) is 4. The molecule has 1 amide bonds. The van der Waals surface area contributed by atoms with E-state index in [0.29, 0.717) is 50.2 Å². The number of fused-ring (bicyclic) bond motifs is 6. The Labute approximate surface area is 176 Å². The monoisotopic (exact) mass is 439 g/mol. The summed E-state index contributed by atoms with van der Waals surface area (Å²) >= 11 is 0. The van der Waals surface area contributed by atoms with E-state index in [1.54, 1.807) is 11.6 Å². The van der Waals surface area contributed by atoms with Gasteiger partial charge in [0.1, 0.15) is 5.60 Å². The summed E-state index contributed by atoms with van der Waals surface area (Å²) in [5.74, 6) is -0.869. The van der Waals surface area contributed by atoms with Gasteiger partial charge in [-0.2, -0.15) is 18.3 Å². The van der Waals surface area contributed by atoms with Gasteiger partial charge in [-0.1, -0.05) is 0 Å². The largest absolute Gasteiger partial charge is 0.424 e. The zero-order valence-electron chi connectivity index (χ0n) is 17.2. The molecule has 5 heterocycles. The van der Waals surface area contributed by atoms with Gasteiger partial charge in [0.05, 0.1) is 42.5 Å². The molecule has 0 spiro atoms. The predicted octanol–water partition coefficient (Wildman–Crippen LogP) is 2.16. The van der Waals surface area contributed by atoms with Crippen LogP contribution in [0.5, 0.6) is 0 Å². The van der Waals surface area contributed by atoms with Crippen LogP contribution in [0.2, 0.25) is 0 Å². The highest BCUT2D eigenvalue weighted by molar-refractivity contribution is 5.84. The molecule has 4 aliphatic rings. The number of carbonyl (C=O) groups excluding carboxylic acids is 1. The number of imidazole rings is 1. The number of primary amides is 1. The molecule has 8 nitrogen and oxygen atoms in total. The molecule has 0 aromatic carbocycles. The lowest BCUT2D eigenvalue weighted by atomic mass is 9.64. The number of aliphatic hydroxyl groups is 1. The molecule has 31 heavy (non-hydrogen) atoms. The van der Waals surface area contributed by atoms with Crippen molar-refractivity contribution in [2.75, 3.05) is 6.61 Å². The average Bonchev–Trinajstić information content (AvgIpc) is 3.33. The Morgan fingerprint density at radius 1 is 1.29 bits per heavy atom. The standard InChI is InChI=1S/C20H24F3N5O3/c1-11-9-27-12(13-8-25-16(28(11)13)17(2,30)20(21,22)23)7-14(26-27)18-3-5-19(6-4-18,15(24)29)31-10-18/h7-8,11,30H,3-6,9-10H2,1-2H3,(H2,24,29)/t11-,17+,18?,19?/m0/s1. The molecular weight excluding hydrogens is 415 g/mol. The summed E-state index contributed by atoms with van der Waals surface area (Å²) in [6, 6.07) is 1.49. The van der Waals surface area contributed by atoms with Gasteiger partial charge in [-0.3, -0.25) is 9.48 Å². The predicted molar refractivity (Wildman–Crippen MR) is 102 cm³/mol. The number of ether oxygens (including phenoxy) is 1. The Balaban J connectivity index is 1.54. The molecule has 11 heteroatoms. The number of halogens is 3. The average molecular weight is 439 g/mol. The highest BCUT2D eigenvalue weighted by Crippen LogP contribution is 2.51. The highest BCUT2D eigenvalue weighted by atomic mass is 19.4. The van der Waals surface area contributed by atoms with Gasteiger partial charge in [-0.25, -0.2) is 4.98 Å². The second-order valence-corrected chi connectivity index (χ2v) is 9.28. The topological polar surface area (TPSA) is 108 Å². The van der Waals surface area contributed by atoms with Gasteiger partial charge in [0, 0.05) is 5.41 Å². The van der Waals surface area contributed by atoms with E-state index in [4.69, 9.17) is 15.6 Å². The fraction of sp³-hybridized carbons (Fsp3) is 0.650. The molecule has 3 N–H and O–H groups in total. The second kappa shape index (κ2) is 6.10. The molecular formula is C20H24F3N5O3. The molecule has 2 bridgehead atoms. The lowest BCUT2D eigenvalue weighted by Gasteiger charge is -2.50. The summed E-state index contributed by atoms with van der Waals surface area (Å²) in [7, 11) is 0. The van der Waals surface area contributed by atoms with Crippen molar-refractivity contribution in [3.8, 4) is 11.4 Å². The van der Waals surface area contributed by atoms with Gasteiger partial charge in [0.15, 0.2) is 5.82 Å². The van der Waals surface area contributed by atoms with Crippen molar-refractivity contribution in [1.29, 1.82) is 0 Å². The summed E-state index contributed by atoms with van der Waals surface area (Å²) in [6.45, 7) is 3.17. The first-order valence-corrected chi connectivity index (χ1v) is 10.3. The normalized spacial score (nSPS) is 31.7. The molecule has 1 saturated carbocycles. The van der Waals surface area contributed by atoms with Crippen molar-refractivity contribution in [2.24, 2.45) is 5.73 Å². The van der Waals surface area contributed by atoms with Crippen LogP contribution in [0.25, 0.3) is 11.4 Å². The Hall–Kier alpha value is -2.40. The van der Waals surface area contributed by atoms with E-state index in [9.17, 15) is 23.1 Å². The van der Waals surface area contributed by atoms with E-state index in [1.807, 2.05) is 6.07 Å². The van der Waals surface area contributed by atoms with Crippen molar-refractivity contribution >= 4 is 5.91 Å². The lowest BCUT2D eigenvalue weighted by Crippen LogP contribution is -2.59. The van der Waals surface area contributed by atoms with Crippen LogP contribution in [0, 0.1) is 0 Å². The molecule has 0 radical (unpaired) electrons. The number of nitrogens with two attached hydrogens (primary N) is 1. The SMILES string of the molecule is C[C@H]1Cn2nc(C34CCC(C(N)=O)(CC3)OC4)cc2-c2cnc([C@@](C)(O)C(F)(F)F)n21. The molecule has 0 unspecified atom stereocenters. The Morgan fingerprint density at radius 2 is 1.97 bits per heavy atom. The third-order valence-corrected chi connectivity index (χ3v) is 7.34. The molecule has 2 aromatic rings. The Bertz CT molecular complexity index is 1050. The van der Waals surface area contributed by atoms with Crippen LogP contribution in [0.4, 0.5) is 13.2 Å². The van der Waals surface area contributed by atoms with E-state index in [0.717, 1.165) is 12.6 Å². The third-order valence-electron chi connectivity index (χ3n) is 7.34. The molecule has 3 aliphatic heterocycles. The number of hydrogen-bond donors (Lipinski definition) is 2. The van der Waals surface area contributed by atoms with Crippen molar-refractivity contribution in [1.82, 2.24) is 19.3 Å². The van der Waals surface area contributed by atoms with Crippen molar-refractivity contribution in [3.63, 3.8) is 0 Å². The van der Waals surface area contributed by atoms with Crippen molar-refractivity contribution < 1.29 is 27.8 Å². The number of rotatable bonds is 3. The zero-order valence-corrected chi connectivity index (χ0v) is 17.2. The highest BCUT2D eigenvalue weighted by Gasteiger charge is 2.56. The molecule has 6 rings (SSSR count). The fourth-order valence-electron chi connectivity index (χ4n) is 5.18. The van der Waals surface area contributed by atoms with Crippen LogP contribution in [-0.4, -0.2) is 48.7 Å². The minimum absolute atomic E-state index is 0.329. The Morgan fingerprint density at radius 3 is 2.52 bits per heavy atom. The first-order chi connectivity index (χ1) is 14.4. The van der Waals surface area contributed by atoms with Gasteiger partial charge in [0.25, 0.3) is 0 Å². The van der Waals surface area contributed by atoms with E-state index in [1.165, 1.54) is 10.8 Å². The van der Waals surface area contributed by atoms with Crippen molar-refractivity contribution in [3.05, 3.63) is 23.8 Å². The van der Waals surface area contributed by atoms with Gasteiger partial charge in [0.2, 0.25) is 11.5 Å². The Kier molecular flexibility index (Phi) is 4.03. The van der Waals surface area contributed by atoms with Crippen molar-refractivity contribution in [2.45, 2.75) is 74.9 Å². The van der Waals surface area contributed by atoms with Gasteiger partial charge in [-0.15, -0.1) is 0 Å². The van der Waals surface area contributed by atoms with Crippen LogP contribution in [0.15, 0.2) is 12.3 Å². The van der Waals surface area contributed by atoms with Gasteiger partial charge >= 0.3 is 6.18 Å². The maximum Gasteiger partial charge on any atom is 0.424 e. The maximum atomic E-state index is 13.5. The zero-order chi connectivity index (χ0) is 22.4. The van der Waals surface area contributed by atoms with E-state index < -0.39 is 29.1 Å². The third kappa shape index (κ3) is 2.65. The molecule has 168 valence electrons.